The molecule has 1 aromatic carbocycles. The van der Waals surface area contributed by atoms with Gasteiger partial charge in [-0.3, -0.25) is 10.1 Å². The zero-order chi connectivity index (χ0) is 14.1. The van der Waals surface area contributed by atoms with E-state index in [1.165, 1.54) is 23.6 Å². The second kappa shape index (κ2) is 5.18. The van der Waals surface area contributed by atoms with Gasteiger partial charge in [-0.25, -0.2) is 4.68 Å². The van der Waals surface area contributed by atoms with Crippen LogP contribution >= 0.6 is 11.6 Å². The van der Waals surface area contributed by atoms with E-state index < -0.39 is 4.92 Å². The van der Waals surface area contributed by atoms with Gasteiger partial charge in [0.2, 0.25) is 0 Å². The third-order valence-corrected chi connectivity index (χ3v) is 3.31. The number of rotatable bonds is 5. The van der Waals surface area contributed by atoms with Crippen LogP contribution in [0.1, 0.15) is 18.5 Å². The maximum atomic E-state index is 11.1. The Labute approximate surface area is 119 Å². The van der Waals surface area contributed by atoms with Gasteiger partial charge in [0.05, 0.1) is 16.8 Å². The lowest BCUT2D eigenvalue weighted by Crippen LogP contribution is -2.15. The first-order chi connectivity index (χ1) is 9.63. The van der Waals surface area contributed by atoms with E-state index in [1.807, 2.05) is 0 Å². The molecule has 0 atom stereocenters. The van der Waals surface area contributed by atoms with Crippen molar-refractivity contribution in [3.05, 3.63) is 45.2 Å². The Morgan fingerprint density at radius 3 is 3.00 bits per heavy atom. The van der Waals surface area contributed by atoms with E-state index >= 15 is 0 Å². The van der Waals surface area contributed by atoms with E-state index in [2.05, 4.69) is 15.6 Å². The molecule has 7 nitrogen and oxygen atoms in total. The zero-order valence-electron chi connectivity index (χ0n) is 10.5. The number of hydrogen-bond acceptors (Lipinski definition) is 5. The summed E-state index contributed by atoms with van der Waals surface area (Å²) in [4.78, 5) is 10.6. The second-order valence-corrected chi connectivity index (χ2v) is 5.14. The summed E-state index contributed by atoms with van der Waals surface area (Å²) in [7, 11) is 0. The van der Waals surface area contributed by atoms with Gasteiger partial charge in [-0.15, -0.1) is 5.10 Å². The lowest BCUT2D eigenvalue weighted by atomic mass is 10.2. The first-order valence-corrected chi connectivity index (χ1v) is 6.60. The molecular formula is C12H12ClN5O2. The minimum absolute atomic E-state index is 0.0934. The van der Waals surface area contributed by atoms with E-state index in [1.54, 1.807) is 18.3 Å². The highest BCUT2D eigenvalue weighted by Crippen LogP contribution is 2.26. The number of benzene rings is 1. The number of nitro benzene ring substituents is 1. The number of nitro groups is 1. The summed E-state index contributed by atoms with van der Waals surface area (Å²) in [6.07, 6.45) is 4.07. The maximum Gasteiger partial charge on any atom is 0.296 e. The number of nitrogens with one attached hydrogen (secondary N) is 1. The van der Waals surface area contributed by atoms with E-state index in [-0.39, 0.29) is 5.69 Å². The van der Waals surface area contributed by atoms with Crippen molar-refractivity contribution >= 4 is 17.3 Å². The number of aromatic nitrogens is 3. The minimum Gasteiger partial charge on any atom is -0.308 e. The summed E-state index contributed by atoms with van der Waals surface area (Å²) >= 11 is 5.79. The van der Waals surface area contributed by atoms with Gasteiger partial charge in [-0.1, -0.05) is 16.8 Å². The molecule has 1 aliphatic rings. The fourth-order valence-electron chi connectivity index (χ4n) is 1.87. The molecule has 0 bridgehead atoms. The molecule has 0 spiro atoms. The summed E-state index contributed by atoms with van der Waals surface area (Å²) in [6.45, 7) is 0.617. The molecule has 104 valence electrons. The Morgan fingerprint density at radius 1 is 1.50 bits per heavy atom. The summed E-state index contributed by atoms with van der Waals surface area (Å²) in [5.74, 6) is 0. The van der Waals surface area contributed by atoms with Crippen molar-refractivity contribution in [1.82, 2.24) is 20.3 Å². The normalized spacial score (nSPS) is 14.4. The van der Waals surface area contributed by atoms with Crippen molar-refractivity contribution in [2.45, 2.75) is 25.4 Å². The lowest BCUT2D eigenvalue weighted by Gasteiger charge is -2.02. The maximum absolute atomic E-state index is 11.1. The summed E-state index contributed by atoms with van der Waals surface area (Å²) < 4.78 is 1.40. The second-order valence-electron chi connectivity index (χ2n) is 4.70. The molecule has 20 heavy (non-hydrogen) atoms. The van der Waals surface area contributed by atoms with Crippen LogP contribution in [0.25, 0.3) is 5.69 Å². The van der Waals surface area contributed by atoms with Crippen LogP contribution < -0.4 is 5.32 Å². The molecule has 2 aromatic rings. The van der Waals surface area contributed by atoms with Crippen LogP contribution in [0.2, 0.25) is 5.02 Å². The molecule has 1 heterocycles. The Kier molecular flexibility index (Phi) is 3.37. The van der Waals surface area contributed by atoms with Gasteiger partial charge in [0.1, 0.15) is 5.69 Å². The van der Waals surface area contributed by atoms with Crippen molar-refractivity contribution in [2.24, 2.45) is 0 Å². The largest absolute Gasteiger partial charge is 0.308 e. The molecule has 0 unspecified atom stereocenters. The van der Waals surface area contributed by atoms with Crippen LogP contribution in [-0.4, -0.2) is 26.0 Å². The monoisotopic (exact) mass is 293 g/mol. The van der Waals surface area contributed by atoms with Gasteiger partial charge < -0.3 is 5.32 Å². The molecule has 8 heteroatoms. The molecule has 0 aliphatic heterocycles. The molecule has 3 rings (SSSR count). The Balaban J connectivity index is 1.86. The van der Waals surface area contributed by atoms with Crippen molar-refractivity contribution in [2.75, 3.05) is 0 Å². The summed E-state index contributed by atoms with van der Waals surface area (Å²) in [5, 5.41) is 22.6. The average Bonchev–Trinajstić information content (AvgIpc) is 3.14. The minimum atomic E-state index is -0.481. The topological polar surface area (TPSA) is 85.9 Å². The highest BCUT2D eigenvalue weighted by atomic mass is 35.5. The Hall–Kier alpha value is -1.99. The smallest absolute Gasteiger partial charge is 0.296 e. The van der Waals surface area contributed by atoms with Gasteiger partial charge in [-0.05, 0) is 25.0 Å². The number of hydrogen-bond donors (Lipinski definition) is 1. The van der Waals surface area contributed by atoms with E-state index in [4.69, 9.17) is 11.6 Å². The SMILES string of the molecule is O=[N+]([O-])c1cc(Cl)ccc1-n1cc(CNC2CC2)nn1. The van der Waals surface area contributed by atoms with Gasteiger partial charge in [-0.2, -0.15) is 0 Å². The van der Waals surface area contributed by atoms with Crippen molar-refractivity contribution in [3.8, 4) is 5.69 Å². The van der Waals surface area contributed by atoms with E-state index in [0.717, 1.165) is 5.69 Å². The van der Waals surface area contributed by atoms with Gasteiger partial charge >= 0.3 is 0 Å². The van der Waals surface area contributed by atoms with Crippen LogP contribution in [0.4, 0.5) is 5.69 Å². The van der Waals surface area contributed by atoms with Crippen LogP contribution in [0.5, 0.6) is 0 Å². The number of nitrogens with zero attached hydrogens (tertiary/aromatic N) is 4. The van der Waals surface area contributed by atoms with E-state index in [0.29, 0.717) is 23.3 Å². The summed E-state index contributed by atoms with van der Waals surface area (Å²) in [5.41, 5.74) is 1.01. The number of halogens is 1. The zero-order valence-corrected chi connectivity index (χ0v) is 11.2. The first kappa shape index (κ1) is 13.0. The highest BCUT2D eigenvalue weighted by Gasteiger charge is 2.21. The first-order valence-electron chi connectivity index (χ1n) is 6.22. The third kappa shape index (κ3) is 2.78. The van der Waals surface area contributed by atoms with Gasteiger partial charge in [0.25, 0.3) is 5.69 Å². The fraction of sp³-hybridized carbons (Fsp3) is 0.333. The molecule has 1 aliphatic carbocycles. The fourth-order valence-corrected chi connectivity index (χ4v) is 2.04. The molecule has 1 fully saturated rings. The Bertz CT molecular complexity index is 653. The van der Waals surface area contributed by atoms with Gasteiger partial charge in [0.15, 0.2) is 0 Å². The van der Waals surface area contributed by atoms with Crippen LogP contribution in [0, 0.1) is 10.1 Å². The van der Waals surface area contributed by atoms with Crippen LogP contribution in [0.3, 0.4) is 0 Å². The standard InChI is InChI=1S/C12H12ClN5O2/c13-8-1-4-11(12(5-8)18(19)20)17-7-10(15-16-17)6-14-9-2-3-9/h1,4-5,7,9,14H,2-3,6H2. The molecule has 0 radical (unpaired) electrons. The van der Waals surface area contributed by atoms with Gasteiger partial charge in [0, 0.05) is 23.7 Å². The predicted molar refractivity (Wildman–Crippen MR) is 72.9 cm³/mol. The lowest BCUT2D eigenvalue weighted by molar-refractivity contribution is -0.384. The van der Waals surface area contributed by atoms with Crippen LogP contribution in [0.15, 0.2) is 24.4 Å². The quantitative estimate of drug-likeness (QED) is 0.674. The molecule has 0 amide bonds. The molecule has 0 saturated heterocycles. The molecule has 1 aromatic heterocycles. The third-order valence-electron chi connectivity index (χ3n) is 3.07. The van der Waals surface area contributed by atoms with Crippen molar-refractivity contribution in [3.63, 3.8) is 0 Å². The molecule has 1 N–H and O–H groups in total. The Morgan fingerprint density at radius 2 is 2.30 bits per heavy atom. The molecule has 1 saturated carbocycles. The predicted octanol–water partition coefficient (Wildman–Crippen LogP) is 2.08. The molecular weight excluding hydrogens is 282 g/mol. The highest BCUT2D eigenvalue weighted by molar-refractivity contribution is 6.30. The average molecular weight is 294 g/mol. The van der Waals surface area contributed by atoms with Crippen molar-refractivity contribution < 1.29 is 4.92 Å². The summed E-state index contributed by atoms with van der Waals surface area (Å²) in [6, 6.07) is 5.03. The van der Waals surface area contributed by atoms with E-state index in [9.17, 15) is 10.1 Å². The van der Waals surface area contributed by atoms with Crippen molar-refractivity contribution in [1.29, 1.82) is 0 Å². The van der Waals surface area contributed by atoms with Crippen LogP contribution in [-0.2, 0) is 6.54 Å².